The lowest BCUT2D eigenvalue weighted by Crippen LogP contribution is -2.15. The lowest BCUT2D eigenvalue weighted by Gasteiger charge is -2.11. The monoisotopic (exact) mass is 290 g/mol. The number of benzene rings is 1. The van der Waals surface area contributed by atoms with Crippen molar-refractivity contribution in [1.29, 1.82) is 0 Å². The molecule has 0 atom stereocenters. The predicted octanol–water partition coefficient (Wildman–Crippen LogP) is -0.522. The largest absolute Gasteiger partial charge is 0.398 e. The molecule has 0 amide bonds. The van der Waals surface area contributed by atoms with Gasteiger partial charge in [-0.05, 0) is 12.0 Å². The first-order valence-electron chi connectivity index (χ1n) is 5.34. The van der Waals surface area contributed by atoms with Gasteiger partial charge in [0.2, 0.25) is 0 Å². The Bertz CT molecular complexity index is 584. The van der Waals surface area contributed by atoms with Crippen LogP contribution in [0, 0.1) is 10.1 Å². The van der Waals surface area contributed by atoms with Crippen molar-refractivity contribution in [3.63, 3.8) is 0 Å². The summed E-state index contributed by atoms with van der Waals surface area (Å²) in [6, 6.07) is 1.94. The summed E-state index contributed by atoms with van der Waals surface area (Å²) in [6.45, 7) is -0.951. The highest BCUT2D eigenvalue weighted by Crippen LogP contribution is 2.29. The number of nitro benzene ring substituents is 1. The number of nitrogen functional groups attached to an aromatic ring is 1. The van der Waals surface area contributed by atoms with Gasteiger partial charge in [0.25, 0.3) is 5.69 Å². The molecule has 9 heteroatoms. The number of aliphatic hydroxyl groups excluding tert-OH is 2. The molecule has 1 aromatic carbocycles. The van der Waals surface area contributed by atoms with Crippen LogP contribution in [0.1, 0.15) is 5.56 Å². The molecule has 0 aliphatic carbocycles. The number of hydrogen-bond donors (Lipinski definition) is 3. The molecule has 0 bridgehead atoms. The van der Waals surface area contributed by atoms with Gasteiger partial charge in [0.05, 0.1) is 22.2 Å². The number of anilines is 1. The Morgan fingerprint density at radius 2 is 1.89 bits per heavy atom. The SMILES string of the molecule is Nc1cc([N+](=O)[O-])cc(S(=O)(=O)CCO)c1CCO. The lowest BCUT2D eigenvalue weighted by atomic mass is 10.1. The second-order valence-electron chi connectivity index (χ2n) is 3.78. The van der Waals surface area contributed by atoms with Crippen LogP contribution < -0.4 is 5.73 Å². The van der Waals surface area contributed by atoms with E-state index in [0.29, 0.717) is 0 Å². The van der Waals surface area contributed by atoms with Crippen molar-refractivity contribution in [2.45, 2.75) is 11.3 Å². The number of hydrogen-bond acceptors (Lipinski definition) is 7. The normalized spacial score (nSPS) is 11.5. The lowest BCUT2D eigenvalue weighted by molar-refractivity contribution is -0.385. The molecule has 0 spiro atoms. The van der Waals surface area contributed by atoms with Gasteiger partial charge in [-0.1, -0.05) is 0 Å². The van der Waals surface area contributed by atoms with Gasteiger partial charge in [-0.25, -0.2) is 8.42 Å². The van der Waals surface area contributed by atoms with E-state index in [1.165, 1.54) is 0 Å². The van der Waals surface area contributed by atoms with Crippen LogP contribution in [0.15, 0.2) is 17.0 Å². The van der Waals surface area contributed by atoms with Crippen molar-refractivity contribution in [3.8, 4) is 0 Å². The fourth-order valence-electron chi connectivity index (χ4n) is 1.64. The molecule has 0 heterocycles. The zero-order chi connectivity index (χ0) is 14.6. The third kappa shape index (κ3) is 3.40. The van der Waals surface area contributed by atoms with E-state index in [2.05, 4.69) is 0 Å². The summed E-state index contributed by atoms with van der Waals surface area (Å²) in [6.07, 6.45) is -0.0379. The summed E-state index contributed by atoms with van der Waals surface area (Å²) >= 11 is 0. The molecule has 0 radical (unpaired) electrons. The summed E-state index contributed by atoms with van der Waals surface area (Å²) in [5, 5.41) is 28.4. The Morgan fingerprint density at radius 1 is 1.26 bits per heavy atom. The van der Waals surface area contributed by atoms with E-state index in [0.717, 1.165) is 12.1 Å². The molecular formula is C10H14N2O6S. The maximum Gasteiger partial charge on any atom is 0.272 e. The van der Waals surface area contributed by atoms with Crippen LogP contribution in [0.5, 0.6) is 0 Å². The third-order valence-electron chi connectivity index (χ3n) is 2.50. The van der Waals surface area contributed by atoms with Crippen molar-refractivity contribution >= 4 is 21.2 Å². The first kappa shape index (κ1) is 15.3. The van der Waals surface area contributed by atoms with Crippen LogP contribution in [0.2, 0.25) is 0 Å². The summed E-state index contributed by atoms with van der Waals surface area (Å²) in [5.74, 6) is -0.563. The molecular weight excluding hydrogens is 276 g/mol. The fourth-order valence-corrected chi connectivity index (χ4v) is 3.00. The molecule has 0 saturated heterocycles. The average molecular weight is 290 g/mol. The van der Waals surface area contributed by atoms with Crippen LogP contribution in [0.3, 0.4) is 0 Å². The second-order valence-corrected chi connectivity index (χ2v) is 5.86. The van der Waals surface area contributed by atoms with Crippen molar-refractivity contribution in [2.75, 3.05) is 24.7 Å². The fraction of sp³-hybridized carbons (Fsp3) is 0.400. The molecule has 0 aliphatic rings. The zero-order valence-corrected chi connectivity index (χ0v) is 10.8. The minimum Gasteiger partial charge on any atom is -0.398 e. The standard InChI is InChI=1S/C10H14N2O6S/c11-9-5-7(12(15)16)6-10(8(9)1-2-13)19(17,18)4-3-14/h5-6,13-14H,1-4,11H2. The Hall–Kier alpha value is -1.71. The summed E-state index contributed by atoms with van der Waals surface area (Å²) in [5.41, 5.74) is 5.20. The molecule has 19 heavy (non-hydrogen) atoms. The molecule has 106 valence electrons. The first-order valence-corrected chi connectivity index (χ1v) is 7.00. The van der Waals surface area contributed by atoms with Crippen LogP contribution in [-0.4, -0.2) is 42.5 Å². The van der Waals surface area contributed by atoms with Crippen molar-refractivity contribution in [2.24, 2.45) is 0 Å². The van der Waals surface area contributed by atoms with E-state index in [1.807, 2.05) is 0 Å². The molecule has 0 unspecified atom stereocenters. The van der Waals surface area contributed by atoms with E-state index in [-0.39, 0.29) is 29.2 Å². The molecule has 0 aromatic heterocycles. The third-order valence-corrected chi connectivity index (χ3v) is 4.25. The quantitative estimate of drug-likeness (QED) is 0.363. The highest BCUT2D eigenvalue weighted by atomic mass is 32.2. The summed E-state index contributed by atoms with van der Waals surface area (Å²) in [4.78, 5) is 9.65. The van der Waals surface area contributed by atoms with Gasteiger partial charge in [0.15, 0.2) is 9.84 Å². The molecule has 1 rings (SSSR count). The number of nitrogens with zero attached hydrogens (tertiary/aromatic N) is 1. The Labute approximate surface area is 109 Å². The number of nitrogens with two attached hydrogens (primary N) is 1. The van der Waals surface area contributed by atoms with Gasteiger partial charge in [0, 0.05) is 24.4 Å². The molecule has 1 aromatic rings. The van der Waals surface area contributed by atoms with E-state index in [1.54, 1.807) is 0 Å². The smallest absolute Gasteiger partial charge is 0.272 e. The van der Waals surface area contributed by atoms with Gasteiger partial charge in [0.1, 0.15) is 0 Å². The summed E-state index contributed by atoms with van der Waals surface area (Å²) in [7, 11) is -3.89. The molecule has 8 nitrogen and oxygen atoms in total. The molecule has 0 saturated carbocycles. The predicted molar refractivity (Wildman–Crippen MR) is 67.4 cm³/mol. The molecule has 0 fully saturated rings. The van der Waals surface area contributed by atoms with Crippen molar-refractivity contribution in [3.05, 3.63) is 27.8 Å². The van der Waals surface area contributed by atoms with E-state index >= 15 is 0 Å². The number of nitro groups is 1. The van der Waals surface area contributed by atoms with Gasteiger partial charge in [-0.2, -0.15) is 0 Å². The van der Waals surface area contributed by atoms with Gasteiger partial charge in [-0.15, -0.1) is 0 Å². The average Bonchev–Trinajstić information content (AvgIpc) is 2.31. The molecule has 4 N–H and O–H groups in total. The van der Waals surface area contributed by atoms with Crippen LogP contribution in [-0.2, 0) is 16.3 Å². The Kier molecular flexibility index (Phi) is 4.81. The van der Waals surface area contributed by atoms with Crippen molar-refractivity contribution in [1.82, 2.24) is 0 Å². The van der Waals surface area contributed by atoms with Crippen LogP contribution in [0.25, 0.3) is 0 Å². The zero-order valence-electron chi connectivity index (χ0n) is 9.94. The molecule has 0 aliphatic heterocycles. The van der Waals surface area contributed by atoms with Crippen molar-refractivity contribution < 1.29 is 23.6 Å². The maximum atomic E-state index is 11.9. The number of sulfone groups is 1. The summed E-state index contributed by atoms with van der Waals surface area (Å²) < 4.78 is 23.9. The van der Waals surface area contributed by atoms with Gasteiger partial charge >= 0.3 is 0 Å². The number of non-ortho nitro benzene ring substituents is 1. The minimum atomic E-state index is -3.89. The second kappa shape index (κ2) is 5.95. The Balaban J connectivity index is 3.52. The van der Waals surface area contributed by atoms with Gasteiger partial charge in [-0.3, -0.25) is 10.1 Å². The Morgan fingerprint density at radius 3 is 2.37 bits per heavy atom. The number of rotatable bonds is 6. The van der Waals surface area contributed by atoms with E-state index in [9.17, 15) is 18.5 Å². The van der Waals surface area contributed by atoms with Crippen LogP contribution in [0.4, 0.5) is 11.4 Å². The van der Waals surface area contributed by atoms with E-state index < -0.39 is 32.8 Å². The number of aliphatic hydroxyl groups is 2. The van der Waals surface area contributed by atoms with Gasteiger partial charge < -0.3 is 15.9 Å². The highest BCUT2D eigenvalue weighted by molar-refractivity contribution is 7.91. The first-order chi connectivity index (χ1) is 8.83. The minimum absolute atomic E-state index is 0.0379. The highest BCUT2D eigenvalue weighted by Gasteiger charge is 2.24. The van der Waals surface area contributed by atoms with Crippen LogP contribution >= 0.6 is 0 Å². The van der Waals surface area contributed by atoms with E-state index in [4.69, 9.17) is 15.9 Å². The maximum absolute atomic E-state index is 11.9. The topological polar surface area (TPSA) is 144 Å².